The zero-order chi connectivity index (χ0) is 16.7. The second kappa shape index (κ2) is 9.33. The van der Waals surface area contributed by atoms with Crippen LogP contribution in [0, 0.1) is 0 Å². The van der Waals surface area contributed by atoms with Crippen LogP contribution in [0.2, 0.25) is 0 Å². The molecule has 4 nitrogen and oxygen atoms in total. The fourth-order valence-corrected chi connectivity index (χ4v) is 3.65. The van der Waals surface area contributed by atoms with Crippen LogP contribution in [0.4, 0.5) is 0 Å². The van der Waals surface area contributed by atoms with Gasteiger partial charge in [0.1, 0.15) is 6.04 Å². The molecule has 2 rings (SSSR count). The maximum absolute atomic E-state index is 12.7. The molecular formula is C17H23BrN2O2S. The molecule has 1 fully saturated rings. The third-order valence-corrected chi connectivity index (χ3v) is 5.34. The van der Waals surface area contributed by atoms with Crippen molar-refractivity contribution in [2.24, 2.45) is 0 Å². The molecule has 1 aromatic carbocycles. The molecule has 1 heterocycles. The Hall–Kier alpha value is -1.01. The van der Waals surface area contributed by atoms with Gasteiger partial charge in [-0.05, 0) is 65.8 Å². The van der Waals surface area contributed by atoms with Crippen LogP contribution in [0.1, 0.15) is 36.0 Å². The molecule has 0 radical (unpaired) electrons. The predicted octanol–water partition coefficient (Wildman–Crippen LogP) is 3.31. The van der Waals surface area contributed by atoms with Crippen molar-refractivity contribution in [3.8, 4) is 0 Å². The summed E-state index contributed by atoms with van der Waals surface area (Å²) < 4.78 is 0.742. The van der Waals surface area contributed by atoms with Crippen molar-refractivity contribution in [3.63, 3.8) is 0 Å². The normalized spacial score (nSPS) is 16.0. The molecule has 0 spiro atoms. The van der Waals surface area contributed by atoms with Gasteiger partial charge in [-0.15, -0.1) is 0 Å². The van der Waals surface area contributed by atoms with Crippen molar-refractivity contribution >= 4 is 39.5 Å². The van der Waals surface area contributed by atoms with Crippen LogP contribution < -0.4 is 5.32 Å². The highest BCUT2D eigenvalue weighted by Gasteiger charge is 2.27. The van der Waals surface area contributed by atoms with E-state index in [0.717, 1.165) is 36.2 Å². The summed E-state index contributed by atoms with van der Waals surface area (Å²) in [6.45, 7) is 1.61. The molecule has 0 aliphatic carbocycles. The second-order valence-electron chi connectivity index (χ2n) is 5.67. The molecule has 1 atom stereocenters. The number of carbonyl (C=O) groups is 2. The highest BCUT2D eigenvalue weighted by molar-refractivity contribution is 9.10. The molecule has 1 aromatic rings. The fraction of sp³-hybridized carbons (Fsp3) is 0.529. The Morgan fingerprint density at radius 1 is 1.26 bits per heavy atom. The average molecular weight is 399 g/mol. The maximum atomic E-state index is 12.7. The molecule has 0 bridgehead atoms. The molecule has 6 heteroatoms. The molecule has 1 aliphatic rings. The first kappa shape index (κ1) is 18.3. The number of piperidine rings is 1. The van der Waals surface area contributed by atoms with Crippen LogP contribution in [0.25, 0.3) is 0 Å². The Labute approximate surface area is 150 Å². The summed E-state index contributed by atoms with van der Waals surface area (Å²) in [5.74, 6) is 0.702. The third kappa shape index (κ3) is 5.24. The summed E-state index contributed by atoms with van der Waals surface area (Å²) in [5.41, 5.74) is 0.563. The number of hydrogen-bond acceptors (Lipinski definition) is 3. The van der Waals surface area contributed by atoms with Crippen LogP contribution in [0.3, 0.4) is 0 Å². The zero-order valence-corrected chi connectivity index (χ0v) is 15.8. The van der Waals surface area contributed by atoms with Crippen LogP contribution in [-0.2, 0) is 4.79 Å². The lowest BCUT2D eigenvalue weighted by molar-refractivity contribution is -0.134. The molecule has 0 saturated carbocycles. The lowest BCUT2D eigenvalue weighted by atomic mass is 10.1. The Balaban J connectivity index is 2.06. The van der Waals surface area contributed by atoms with Gasteiger partial charge in [-0.3, -0.25) is 9.59 Å². The average Bonchev–Trinajstić information content (AvgIpc) is 2.59. The summed E-state index contributed by atoms with van der Waals surface area (Å²) in [6.07, 6.45) is 5.96. The number of amides is 2. The van der Waals surface area contributed by atoms with Crippen molar-refractivity contribution in [3.05, 3.63) is 34.3 Å². The first-order valence-electron chi connectivity index (χ1n) is 7.96. The van der Waals surface area contributed by atoms with Crippen molar-refractivity contribution < 1.29 is 9.59 Å². The van der Waals surface area contributed by atoms with E-state index < -0.39 is 6.04 Å². The van der Waals surface area contributed by atoms with Gasteiger partial charge in [0.05, 0.1) is 5.56 Å². The van der Waals surface area contributed by atoms with E-state index in [1.807, 2.05) is 29.4 Å². The molecule has 0 aromatic heterocycles. The topological polar surface area (TPSA) is 49.4 Å². The van der Waals surface area contributed by atoms with Gasteiger partial charge < -0.3 is 10.2 Å². The number of nitrogens with zero attached hydrogens (tertiary/aromatic N) is 1. The molecule has 1 unspecified atom stereocenters. The summed E-state index contributed by atoms with van der Waals surface area (Å²) >= 11 is 5.08. The minimum absolute atomic E-state index is 0.0548. The third-order valence-electron chi connectivity index (χ3n) is 4.00. The highest BCUT2D eigenvalue weighted by Crippen LogP contribution is 2.17. The molecule has 23 heavy (non-hydrogen) atoms. The molecule has 2 amide bonds. The standard InChI is InChI=1S/C17H23BrN2O2S/c1-23-12-9-15(17(22)20-10-5-2-6-11-20)19-16(21)13-7-3-4-8-14(13)18/h3-4,7-8,15H,2,5-6,9-12H2,1H3,(H,19,21). The van der Waals surface area contributed by atoms with Crippen molar-refractivity contribution in [1.82, 2.24) is 10.2 Å². The molecular weight excluding hydrogens is 376 g/mol. The van der Waals surface area contributed by atoms with Gasteiger partial charge in [-0.2, -0.15) is 11.8 Å². The number of thioether (sulfide) groups is 1. The number of nitrogens with one attached hydrogen (secondary N) is 1. The number of carbonyl (C=O) groups excluding carboxylic acids is 2. The van der Waals surface area contributed by atoms with E-state index in [9.17, 15) is 9.59 Å². The van der Waals surface area contributed by atoms with Crippen LogP contribution in [0.15, 0.2) is 28.7 Å². The summed E-state index contributed by atoms with van der Waals surface area (Å²) in [6, 6.07) is 6.84. The minimum atomic E-state index is -0.444. The Kier molecular flexibility index (Phi) is 7.43. The fourth-order valence-electron chi connectivity index (χ4n) is 2.71. The van der Waals surface area contributed by atoms with Gasteiger partial charge in [0.2, 0.25) is 5.91 Å². The van der Waals surface area contributed by atoms with E-state index in [1.54, 1.807) is 17.8 Å². The SMILES string of the molecule is CSCCC(NC(=O)c1ccccc1Br)C(=O)N1CCCCC1. The molecule has 126 valence electrons. The Bertz CT molecular complexity index is 547. The molecule has 1 saturated heterocycles. The van der Waals surface area contributed by atoms with Crippen molar-refractivity contribution in [2.75, 3.05) is 25.1 Å². The van der Waals surface area contributed by atoms with E-state index in [0.29, 0.717) is 12.0 Å². The van der Waals surface area contributed by atoms with E-state index in [1.165, 1.54) is 6.42 Å². The monoisotopic (exact) mass is 398 g/mol. The Morgan fingerprint density at radius 3 is 2.61 bits per heavy atom. The molecule has 1 aliphatic heterocycles. The summed E-state index contributed by atoms with van der Waals surface area (Å²) in [4.78, 5) is 27.2. The van der Waals surface area contributed by atoms with Gasteiger partial charge in [0.15, 0.2) is 0 Å². The van der Waals surface area contributed by atoms with Gasteiger partial charge in [-0.1, -0.05) is 12.1 Å². The van der Waals surface area contributed by atoms with Gasteiger partial charge >= 0.3 is 0 Å². The zero-order valence-electron chi connectivity index (χ0n) is 13.4. The van der Waals surface area contributed by atoms with Gasteiger partial charge in [0, 0.05) is 17.6 Å². The summed E-state index contributed by atoms with van der Waals surface area (Å²) in [5, 5.41) is 2.93. The quantitative estimate of drug-likeness (QED) is 0.799. The van der Waals surface area contributed by atoms with E-state index in [2.05, 4.69) is 21.2 Å². The highest BCUT2D eigenvalue weighted by atomic mass is 79.9. The first-order valence-corrected chi connectivity index (χ1v) is 10.2. The second-order valence-corrected chi connectivity index (χ2v) is 7.51. The predicted molar refractivity (Wildman–Crippen MR) is 98.8 cm³/mol. The minimum Gasteiger partial charge on any atom is -0.341 e. The number of hydrogen-bond donors (Lipinski definition) is 1. The smallest absolute Gasteiger partial charge is 0.253 e. The van der Waals surface area contributed by atoms with E-state index in [-0.39, 0.29) is 11.8 Å². The lowest BCUT2D eigenvalue weighted by Crippen LogP contribution is -2.50. The lowest BCUT2D eigenvalue weighted by Gasteiger charge is -2.30. The summed E-state index contributed by atoms with van der Waals surface area (Å²) in [7, 11) is 0. The number of halogens is 1. The number of rotatable bonds is 6. The van der Waals surface area contributed by atoms with Crippen LogP contribution in [-0.4, -0.2) is 47.9 Å². The van der Waals surface area contributed by atoms with E-state index >= 15 is 0 Å². The van der Waals surface area contributed by atoms with Gasteiger partial charge in [-0.25, -0.2) is 0 Å². The number of likely N-dealkylation sites (tertiary alicyclic amines) is 1. The molecule has 1 N–H and O–H groups in total. The van der Waals surface area contributed by atoms with Gasteiger partial charge in [0.25, 0.3) is 5.91 Å². The van der Waals surface area contributed by atoms with E-state index in [4.69, 9.17) is 0 Å². The first-order chi connectivity index (χ1) is 11.1. The van der Waals surface area contributed by atoms with Crippen molar-refractivity contribution in [1.29, 1.82) is 0 Å². The largest absolute Gasteiger partial charge is 0.341 e. The maximum Gasteiger partial charge on any atom is 0.253 e. The van der Waals surface area contributed by atoms with Crippen molar-refractivity contribution in [2.45, 2.75) is 31.7 Å². The Morgan fingerprint density at radius 2 is 1.96 bits per heavy atom. The van der Waals surface area contributed by atoms with Crippen LogP contribution >= 0.6 is 27.7 Å². The number of benzene rings is 1. The van der Waals surface area contributed by atoms with Crippen LogP contribution in [0.5, 0.6) is 0 Å².